The third-order valence-corrected chi connectivity index (χ3v) is 3.50. The van der Waals surface area contributed by atoms with E-state index in [4.69, 9.17) is 10.5 Å². The van der Waals surface area contributed by atoms with Gasteiger partial charge >= 0.3 is 0 Å². The van der Waals surface area contributed by atoms with Gasteiger partial charge in [-0.1, -0.05) is 6.07 Å². The van der Waals surface area contributed by atoms with Crippen LogP contribution in [0.15, 0.2) is 30.5 Å². The van der Waals surface area contributed by atoms with Gasteiger partial charge in [-0.15, -0.1) is 0 Å². The van der Waals surface area contributed by atoms with E-state index in [-0.39, 0.29) is 6.61 Å². The minimum atomic E-state index is -1.22. The number of anilines is 1. The number of nitrogens with zero attached hydrogens (tertiary/aromatic N) is 1. The summed E-state index contributed by atoms with van der Waals surface area (Å²) in [6, 6.07) is 7.33. The summed E-state index contributed by atoms with van der Waals surface area (Å²) in [7, 11) is 0. The van der Waals surface area contributed by atoms with Crippen LogP contribution in [0.4, 0.5) is 5.69 Å². The second kappa shape index (κ2) is 4.50. The molecule has 6 heteroatoms. The molecule has 0 unspecified atom stereocenters. The molecule has 4 atom stereocenters. The maximum Gasteiger partial charge on any atom is 0.162 e. The monoisotopic (exact) mass is 264 g/mol. The van der Waals surface area contributed by atoms with Crippen molar-refractivity contribution in [3.8, 4) is 0 Å². The summed E-state index contributed by atoms with van der Waals surface area (Å²) >= 11 is 0. The number of aliphatic hydroxyl groups excluding tert-OH is 3. The molecule has 0 aliphatic carbocycles. The Kier molecular flexibility index (Phi) is 2.94. The maximum absolute atomic E-state index is 10.0. The van der Waals surface area contributed by atoms with Gasteiger partial charge in [0.15, 0.2) is 6.23 Å². The normalized spacial score (nSPS) is 31.7. The van der Waals surface area contributed by atoms with Gasteiger partial charge in [-0.2, -0.15) is 0 Å². The number of fused-ring (bicyclic) bond motifs is 1. The summed E-state index contributed by atoms with van der Waals surface area (Å²) in [6.07, 6.45) is -2.46. The molecule has 1 aliphatic heterocycles. The number of benzene rings is 1. The van der Waals surface area contributed by atoms with Crippen molar-refractivity contribution in [2.75, 3.05) is 12.3 Å². The first kappa shape index (κ1) is 12.4. The topological polar surface area (TPSA) is 101 Å². The summed E-state index contributed by atoms with van der Waals surface area (Å²) < 4.78 is 7.14. The number of aliphatic hydroxyl groups is 3. The number of hydrogen-bond donors (Lipinski definition) is 4. The largest absolute Gasteiger partial charge is 0.399 e. The Labute approximate surface area is 109 Å². The van der Waals surface area contributed by atoms with Crippen molar-refractivity contribution in [2.45, 2.75) is 24.5 Å². The van der Waals surface area contributed by atoms with E-state index in [1.54, 1.807) is 22.9 Å². The highest BCUT2D eigenvalue weighted by atomic mass is 16.5. The molecule has 1 fully saturated rings. The fourth-order valence-corrected chi connectivity index (χ4v) is 2.42. The molecule has 0 spiro atoms. The number of ether oxygens (including phenoxy) is 1. The van der Waals surface area contributed by atoms with Crippen molar-refractivity contribution in [1.29, 1.82) is 0 Å². The Balaban J connectivity index is 2.02. The Bertz CT molecular complexity index is 597. The number of aromatic nitrogens is 1. The Morgan fingerprint density at radius 2 is 1.95 bits per heavy atom. The lowest BCUT2D eigenvalue weighted by Gasteiger charge is -2.36. The van der Waals surface area contributed by atoms with Crippen LogP contribution in [0.3, 0.4) is 0 Å². The Morgan fingerprint density at radius 1 is 1.16 bits per heavy atom. The second-order valence-electron chi connectivity index (χ2n) is 4.81. The standard InChI is InChI=1S/C13H16N2O4/c14-8-2-1-7-3-4-15(9(7)5-8)13-12(18)11(17)10(16)6-19-13/h1-5,10-13,16-18H,6,14H2/t10-,11+,12-,13-/m1/s1. The third-order valence-electron chi connectivity index (χ3n) is 3.50. The van der Waals surface area contributed by atoms with Crippen molar-refractivity contribution in [1.82, 2.24) is 4.57 Å². The molecule has 2 heterocycles. The molecule has 19 heavy (non-hydrogen) atoms. The first-order valence-electron chi connectivity index (χ1n) is 6.10. The van der Waals surface area contributed by atoms with Crippen molar-refractivity contribution < 1.29 is 20.1 Å². The van der Waals surface area contributed by atoms with E-state index in [0.717, 1.165) is 10.9 Å². The summed E-state index contributed by atoms with van der Waals surface area (Å²) in [5.41, 5.74) is 7.18. The molecular weight excluding hydrogens is 248 g/mol. The SMILES string of the molecule is Nc1ccc2ccn([C@@H]3OC[C@@H](O)[C@H](O)[C@H]3O)c2c1. The molecule has 1 saturated heterocycles. The fraction of sp³-hybridized carbons (Fsp3) is 0.385. The molecular formula is C13H16N2O4. The summed E-state index contributed by atoms with van der Waals surface area (Å²) in [6.45, 7) is -0.0229. The minimum Gasteiger partial charge on any atom is -0.399 e. The van der Waals surface area contributed by atoms with E-state index in [2.05, 4.69) is 0 Å². The van der Waals surface area contributed by atoms with Gasteiger partial charge in [0.05, 0.1) is 12.1 Å². The average molecular weight is 264 g/mol. The van der Waals surface area contributed by atoms with Crippen molar-refractivity contribution in [3.05, 3.63) is 30.5 Å². The highest BCUT2D eigenvalue weighted by Gasteiger charge is 2.38. The molecule has 0 bridgehead atoms. The summed E-state index contributed by atoms with van der Waals surface area (Å²) in [5.74, 6) is 0. The lowest BCUT2D eigenvalue weighted by molar-refractivity contribution is -0.209. The van der Waals surface area contributed by atoms with E-state index in [9.17, 15) is 15.3 Å². The van der Waals surface area contributed by atoms with Gasteiger partial charge < -0.3 is 30.4 Å². The van der Waals surface area contributed by atoms with E-state index >= 15 is 0 Å². The van der Waals surface area contributed by atoms with E-state index in [1.165, 1.54) is 0 Å². The summed E-state index contributed by atoms with van der Waals surface area (Å²) in [5, 5.41) is 30.2. The van der Waals surface area contributed by atoms with E-state index in [0.29, 0.717) is 5.69 Å². The predicted molar refractivity (Wildman–Crippen MR) is 69.4 cm³/mol. The minimum absolute atomic E-state index is 0.0229. The van der Waals surface area contributed by atoms with E-state index in [1.807, 2.05) is 12.1 Å². The molecule has 5 N–H and O–H groups in total. The smallest absolute Gasteiger partial charge is 0.162 e. The second-order valence-corrected chi connectivity index (χ2v) is 4.81. The third kappa shape index (κ3) is 1.98. The van der Waals surface area contributed by atoms with Crippen LogP contribution in [0, 0.1) is 0 Å². The van der Waals surface area contributed by atoms with Crippen LogP contribution in [-0.2, 0) is 4.74 Å². The van der Waals surface area contributed by atoms with Gasteiger partial charge in [0.1, 0.15) is 18.3 Å². The molecule has 0 amide bonds. The van der Waals surface area contributed by atoms with Crippen LogP contribution in [0.5, 0.6) is 0 Å². The van der Waals surface area contributed by atoms with Crippen molar-refractivity contribution in [2.24, 2.45) is 0 Å². The number of hydrogen-bond acceptors (Lipinski definition) is 5. The zero-order valence-electron chi connectivity index (χ0n) is 10.2. The first-order chi connectivity index (χ1) is 9.08. The van der Waals surface area contributed by atoms with Gasteiger partial charge in [0.25, 0.3) is 0 Å². The quantitative estimate of drug-likeness (QED) is 0.536. The molecule has 102 valence electrons. The Hall–Kier alpha value is -1.60. The van der Waals surface area contributed by atoms with E-state index < -0.39 is 24.5 Å². The first-order valence-corrected chi connectivity index (χ1v) is 6.10. The molecule has 1 aromatic carbocycles. The fourth-order valence-electron chi connectivity index (χ4n) is 2.42. The maximum atomic E-state index is 10.0. The molecule has 0 radical (unpaired) electrons. The lowest BCUT2D eigenvalue weighted by atomic mass is 10.0. The Morgan fingerprint density at radius 3 is 2.74 bits per heavy atom. The van der Waals surface area contributed by atoms with Crippen molar-refractivity contribution in [3.63, 3.8) is 0 Å². The van der Waals surface area contributed by atoms with Gasteiger partial charge in [0, 0.05) is 11.9 Å². The highest BCUT2D eigenvalue weighted by molar-refractivity contribution is 5.83. The molecule has 2 aromatic rings. The van der Waals surface area contributed by atoms with Gasteiger partial charge in [0.2, 0.25) is 0 Å². The van der Waals surface area contributed by atoms with Crippen LogP contribution in [-0.4, -0.2) is 44.8 Å². The number of nitrogens with two attached hydrogens (primary N) is 1. The van der Waals surface area contributed by atoms with Crippen LogP contribution < -0.4 is 5.73 Å². The van der Waals surface area contributed by atoms with Crippen molar-refractivity contribution >= 4 is 16.6 Å². The molecule has 1 aromatic heterocycles. The number of rotatable bonds is 1. The van der Waals surface area contributed by atoms with Crippen LogP contribution >= 0.6 is 0 Å². The zero-order chi connectivity index (χ0) is 13.6. The van der Waals surface area contributed by atoms with Gasteiger partial charge in [-0.25, -0.2) is 0 Å². The molecule has 0 saturated carbocycles. The van der Waals surface area contributed by atoms with Gasteiger partial charge in [-0.05, 0) is 23.6 Å². The predicted octanol–water partition coefficient (Wildman–Crippen LogP) is -0.165. The number of nitrogen functional groups attached to an aromatic ring is 1. The van der Waals surface area contributed by atoms with Gasteiger partial charge in [-0.3, -0.25) is 0 Å². The average Bonchev–Trinajstić information content (AvgIpc) is 2.79. The van der Waals surface area contributed by atoms with Crippen LogP contribution in [0.2, 0.25) is 0 Å². The summed E-state index contributed by atoms with van der Waals surface area (Å²) in [4.78, 5) is 0. The lowest BCUT2D eigenvalue weighted by Crippen LogP contribution is -2.50. The molecule has 6 nitrogen and oxygen atoms in total. The van der Waals surface area contributed by atoms with Crippen LogP contribution in [0.25, 0.3) is 10.9 Å². The molecule has 3 rings (SSSR count). The zero-order valence-corrected chi connectivity index (χ0v) is 10.2. The van der Waals surface area contributed by atoms with Crippen LogP contribution in [0.1, 0.15) is 6.23 Å². The highest BCUT2D eigenvalue weighted by Crippen LogP contribution is 2.29. The molecule has 1 aliphatic rings.